The molecule has 3 N–H and O–H groups in total. The Kier molecular flexibility index (Phi) is 6.49. The Bertz CT molecular complexity index is 754. The third kappa shape index (κ3) is 4.79. The zero-order valence-corrected chi connectivity index (χ0v) is 16.3. The smallest absolute Gasteiger partial charge is 0.254 e. The van der Waals surface area contributed by atoms with Gasteiger partial charge in [-0.3, -0.25) is 14.6 Å². The molecule has 0 saturated carbocycles. The highest BCUT2D eigenvalue weighted by Gasteiger charge is 2.42. The number of hydrogen-bond acceptors (Lipinski definition) is 3. The van der Waals surface area contributed by atoms with Gasteiger partial charge in [0.15, 0.2) is 5.96 Å². The summed E-state index contributed by atoms with van der Waals surface area (Å²) < 4.78 is 13.7. The highest BCUT2D eigenvalue weighted by molar-refractivity contribution is 5.94. The molecule has 7 nitrogen and oxygen atoms in total. The van der Waals surface area contributed by atoms with E-state index in [9.17, 15) is 14.0 Å². The van der Waals surface area contributed by atoms with Gasteiger partial charge < -0.3 is 20.9 Å². The van der Waals surface area contributed by atoms with E-state index < -0.39 is 11.7 Å². The quantitative estimate of drug-likeness (QED) is 0.400. The molecule has 3 rings (SSSR count). The van der Waals surface area contributed by atoms with Crippen molar-refractivity contribution < 1.29 is 14.0 Å². The Morgan fingerprint density at radius 3 is 2.89 bits per heavy atom. The molecule has 152 valence electrons. The number of rotatable bonds is 5. The molecule has 1 spiro atoms. The number of piperidine rings is 1. The van der Waals surface area contributed by atoms with Crippen LogP contribution < -0.4 is 16.0 Å². The monoisotopic (exact) mass is 389 g/mol. The van der Waals surface area contributed by atoms with Gasteiger partial charge in [0, 0.05) is 44.6 Å². The van der Waals surface area contributed by atoms with E-state index in [1.165, 1.54) is 12.1 Å². The first-order valence-corrected chi connectivity index (χ1v) is 9.86. The van der Waals surface area contributed by atoms with E-state index in [0.717, 1.165) is 45.0 Å². The molecule has 2 heterocycles. The van der Waals surface area contributed by atoms with Crippen LogP contribution in [0.4, 0.5) is 4.39 Å². The van der Waals surface area contributed by atoms with Crippen LogP contribution in [0.1, 0.15) is 36.5 Å². The Morgan fingerprint density at radius 1 is 1.36 bits per heavy atom. The molecule has 2 fully saturated rings. The largest absolute Gasteiger partial charge is 0.357 e. The number of nitrogens with one attached hydrogen (secondary N) is 3. The van der Waals surface area contributed by atoms with Crippen molar-refractivity contribution in [2.24, 2.45) is 10.4 Å². The van der Waals surface area contributed by atoms with Crippen molar-refractivity contribution in [3.05, 3.63) is 35.6 Å². The zero-order chi connectivity index (χ0) is 20.0. The number of likely N-dealkylation sites (tertiary alicyclic amines) is 1. The van der Waals surface area contributed by atoms with Crippen LogP contribution >= 0.6 is 0 Å². The van der Waals surface area contributed by atoms with E-state index in [1.807, 2.05) is 6.92 Å². The van der Waals surface area contributed by atoms with Crippen molar-refractivity contribution in [2.75, 3.05) is 39.3 Å². The van der Waals surface area contributed by atoms with Crippen molar-refractivity contribution >= 4 is 17.8 Å². The Balaban J connectivity index is 1.56. The molecule has 2 amide bonds. The van der Waals surface area contributed by atoms with Crippen LogP contribution in [0.25, 0.3) is 0 Å². The average Bonchev–Trinajstić information content (AvgIpc) is 3.04. The highest BCUT2D eigenvalue weighted by atomic mass is 19.1. The molecular weight excluding hydrogens is 361 g/mol. The molecule has 1 atom stereocenters. The standard InChI is InChI=1S/C20H28FN5O2/c1-2-22-19(26-11-5-8-20(14-26)12-17(27)25-13-20)24-10-9-23-18(28)15-6-3-4-7-16(15)21/h3-4,6-7H,2,5,8-14H2,1H3,(H,22,24)(H,23,28)(H,25,27). The second kappa shape index (κ2) is 9.03. The van der Waals surface area contributed by atoms with E-state index >= 15 is 0 Å². The molecule has 28 heavy (non-hydrogen) atoms. The molecular formula is C20H28FN5O2. The maximum Gasteiger partial charge on any atom is 0.254 e. The first kappa shape index (κ1) is 20.1. The van der Waals surface area contributed by atoms with Gasteiger partial charge in [0.05, 0.1) is 12.1 Å². The van der Waals surface area contributed by atoms with E-state index in [2.05, 4.69) is 25.8 Å². The summed E-state index contributed by atoms with van der Waals surface area (Å²) in [6.07, 6.45) is 2.63. The number of amides is 2. The van der Waals surface area contributed by atoms with Crippen LogP contribution in [0.3, 0.4) is 0 Å². The van der Waals surface area contributed by atoms with Gasteiger partial charge in [0.25, 0.3) is 5.91 Å². The van der Waals surface area contributed by atoms with E-state index in [0.29, 0.717) is 19.5 Å². The number of nitrogens with zero attached hydrogens (tertiary/aromatic N) is 2. The summed E-state index contributed by atoms with van der Waals surface area (Å²) in [5.41, 5.74) is 0.0275. The summed E-state index contributed by atoms with van der Waals surface area (Å²) in [7, 11) is 0. The Labute approximate surface area is 164 Å². The summed E-state index contributed by atoms with van der Waals surface area (Å²) in [6.45, 7) is 5.87. The molecule has 0 bridgehead atoms. The lowest BCUT2D eigenvalue weighted by Crippen LogP contribution is -2.51. The minimum Gasteiger partial charge on any atom is -0.357 e. The summed E-state index contributed by atoms with van der Waals surface area (Å²) in [5.74, 6) is -0.0540. The van der Waals surface area contributed by atoms with Gasteiger partial charge in [-0.25, -0.2) is 4.39 Å². The van der Waals surface area contributed by atoms with Crippen LogP contribution in [0.5, 0.6) is 0 Å². The van der Waals surface area contributed by atoms with Gasteiger partial charge in [0.1, 0.15) is 5.82 Å². The highest BCUT2D eigenvalue weighted by Crippen LogP contribution is 2.35. The summed E-state index contributed by atoms with van der Waals surface area (Å²) in [5, 5.41) is 8.96. The average molecular weight is 389 g/mol. The molecule has 0 aromatic heterocycles. The molecule has 8 heteroatoms. The minimum atomic E-state index is -0.532. The molecule has 1 aromatic carbocycles. The molecule has 0 aliphatic carbocycles. The van der Waals surface area contributed by atoms with E-state index in [4.69, 9.17) is 0 Å². The number of guanidine groups is 1. The van der Waals surface area contributed by atoms with Gasteiger partial charge in [-0.05, 0) is 31.9 Å². The fourth-order valence-corrected chi connectivity index (χ4v) is 3.93. The molecule has 1 unspecified atom stereocenters. The van der Waals surface area contributed by atoms with Gasteiger partial charge in [-0.1, -0.05) is 12.1 Å². The number of halogens is 1. The molecule has 2 aliphatic heterocycles. The molecule has 2 aliphatic rings. The lowest BCUT2D eigenvalue weighted by molar-refractivity contribution is -0.119. The van der Waals surface area contributed by atoms with Crippen LogP contribution in [0, 0.1) is 11.2 Å². The van der Waals surface area contributed by atoms with Crippen molar-refractivity contribution in [3.63, 3.8) is 0 Å². The maximum atomic E-state index is 13.7. The van der Waals surface area contributed by atoms with E-state index in [-0.39, 0.29) is 16.9 Å². The number of carbonyl (C=O) groups excluding carboxylic acids is 2. The maximum absolute atomic E-state index is 13.7. The number of carbonyl (C=O) groups is 2. The number of benzene rings is 1. The first-order chi connectivity index (χ1) is 13.5. The third-order valence-electron chi connectivity index (χ3n) is 5.27. The molecule has 2 saturated heterocycles. The number of aliphatic imine (C=N–C) groups is 1. The second-order valence-electron chi connectivity index (χ2n) is 7.45. The lowest BCUT2D eigenvalue weighted by atomic mass is 9.79. The van der Waals surface area contributed by atoms with E-state index in [1.54, 1.807) is 12.1 Å². The van der Waals surface area contributed by atoms with Crippen molar-refractivity contribution in [2.45, 2.75) is 26.2 Å². The summed E-state index contributed by atoms with van der Waals surface area (Å²) in [6, 6.07) is 5.92. The van der Waals surface area contributed by atoms with Crippen molar-refractivity contribution in [1.82, 2.24) is 20.9 Å². The fourth-order valence-electron chi connectivity index (χ4n) is 3.93. The SMILES string of the molecule is CCNC(=NCCNC(=O)c1ccccc1F)N1CCCC2(CNC(=O)C2)C1. The van der Waals surface area contributed by atoms with Gasteiger partial charge in [-0.15, -0.1) is 0 Å². The van der Waals surface area contributed by atoms with Crippen LogP contribution in [-0.2, 0) is 4.79 Å². The van der Waals surface area contributed by atoms with Crippen LogP contribution in [0.15, 0.2) is 29.3 Å². The van der Waals surface area contributed by atoms with Gasteiger partial charge in [0.2, 0.25) is 5.91 Å². The topological polar surface area (TPSA) is 85.8 Å². The first-order valence-electron chi connectivity index (χ1n) is 9.86. The molecule has 1 aromatic rings. The zero-order valence-electron chi connectivity index (χ0n) is 16.3. The second-order valence-corrected chi connectivity index (χ2v) is 7.45. The predicted octanol–water partition coefficient (Wildman–Crippen LogP) is 1.12. The van der Waals surface area contributed by atoms with Crippen molar-refractivity contribution in [3.8, 4) is 0 Å². The summed E-state index contributed by atoms with van der Waals surface area (Å²) >= 11 is 0. The van der Waals surface area contributed by atoms with Crippen LogP contribution in [-0.4, -0.2) is 61.9 Å². The fraction of sp³-hybridized carbons (Fsp3) is 0.550. The molecule has 0 radical (unpaired) electrons. The third-order valence-corrected chi connectivity index (χ3v) is 5.27. The lowest BCUT2D eigenvalue weighted by Gasteiger charge is -2.40. The number of hydrogen-bond donors (Lipinski definition) is 3. The minimum absolute atomic E-state index is 0.00935. The van der Waals surface area contributed by atoms with Gasteiger partial charge >= 0.3 is 0 Å². The Hall–Kier alpha value is -2.64. The van der Waals surface area contributed by atoms with Crippen LogP contribution in [0.2, 0.25) is 0 Å². The Morgan fingerprint density at radius 2 is 2.18 bits per heavy atom. The predicted molar refractivity (Wildman–Crippen MR) is 106 cm³/mol. The van der Waals surface area contributed by atoms with Gasteiger partial charge in [-0.2, -0.15) is 0 Å². The normalized spacial score (nSPS) is 22.3. The van der Waals surface area contributed by atoms with Crippen molar-refractivity contribution in [1.29, 1.82) is 0 Å². The summed E-state index contributed by atoms with van der Waals surface area (Å²) in [4.78, 5) is 30.6.